The second-order valence-corrected chi connectivity index (χ2v) is 3.30. The zero-order valence-corrected chi connectivity index (χ0v) is 8.00. The van der Waals surface area contributed by atoms with Gasteiger partial charge in [-0.05, 0) is 47.2 Å². The molecule has 0 fully saturated rings. The van der Waals surface area contributed by atoms with E-state index in [1.165, 1.54) is 9.13 Å². The molecule has 0 saturated carbocycles. The quantitative estimate of drug-likeness (QED) is 0.664. The topological polar surface area (TPSA) is 0 Å². The molecule has 0 aliphatic carbocycles. The molecule has 0 spiro atoms. The molecule has 1 heteroatoms. The Bertz CT molecular complexity index is 238. The van der Waals surface area contributed by atoms with Crippen LogP contribution in [0.15, 0.2) is 30.3 Å². The molecule has 10 heavy (non-hydrogen) atoms. The third-order valence-electron chi connectivity index (χ3n) is 1.21. The van der Waals surface area contributed by atoms with Gasteiger partial charge in [-0.25, -0.2) is 0 Å². The van der Waals surface area contributed by atoms with E-state index in [1.807, 2.05) is 13.0 Å². The molecule has 0 bridgehead atoms. The summed E-state index contributed by atoms with van der Waals surface area (Å²) in [5, 5.41) is 0. The molecule has 0 aromatic heterocycles. The average molecular weight is 244 g/mol. The molecule has 0 amide bonds. The van der Waals surface area contributed by atoms with Gasteiger partial charge in [-0.2, -0.15) is 0 Å². The highest BCUT2D eigenvalue weighted by Crippen LogP contribution is 2.08. The van der Waals surface area contributed by atoms with Gasteiger partial charge in [-0.15, -0.1) is 0 Å². The average Bonchev–Trinajstić information content (AvgIpc) is 1.88. The first-order valence-corrected chi connectivity index (χ1v) is 4.29. The van der Waals surface area contributed by atoms with Gasteiger partial charge in [0.05, 0.1) is 0 Å². The van der Waals surface area contributed by atoms with E-state index in [2.05, 4.69) is 52.9 Å². The highest BCUT2D eigenvalue weighted by molar-refractivity contribution is 14.1. The van der Waals surface area contributed by atoms with E-state index >= 15 is 0 Å². The van der Waals surface area contributed by atoms with Crippen LogP contribution in [0.1, 0.15) is 12.5 Å². The van der Waals surface area contributed by atoms with Gasteiger partial charge >= 0.3 is 0 Å². The van der Waals surface area contributed by atoms with E-state index in [4.69, 9.17) is 0 Å². The molecule has 0 radical (unpaired) electrons. The molecular formula is C9H9I. The van der Waals surface area contributed by atoms with Crippen molar-refractivity contribution in [3.63, 3.8) is 0 Å². The molecule has 0 unspecified atom stereocenters. The summed E-state index contributed by atoms with van der Waals surface area (Å²) >= 11 is 2.31. The van der Waals surface area contributed by atoms with Crippen LogP contribution in [0.5, 0.6) is 0 Å². The molecule has 0 atom stereocenters. The van der Waals surface area contributed by atoms with Crippen molar-refractivity contribution in [3.8, 4) is 0 Å². The van der Waals surface area contributed by atoms with Gasteiger partial charge in [0.15, 0.2) is 0 Å². The van der Waals surface area contributed by atoms with Crippen LogP contribution in [0.2, 0.25) is 0 Å². The molecule has 0 aliphatic rings. The van der Waals surface area contributed by atoms with Gasteiger partial charge in [0.25, 0.3) is 0 Å². The van der Waals surface area contributed by atoms with Gasteiger partial charge in [0.1, 0.15) is 0 Å². The lowest BCUT2D eigenvalue weighted by molar-refractivity contribution is 1.60. The van der Waals surface area contributed by atoms with Gasteiger partial charge in [0.2, 0.25) is 0 Å². The number of hydrogen-bond donors (Lipinski definition) is 0. The molecule has 0 N–H and O–H groups in total. The highest BCUT2D eigenvalue weighted by atomic mass is 127. The first kappa shape index (κ1) is 7.79. The SMILES string of the molecule is CC=Cc1cccc(I)c1. The van der Waals surface area contributed by atoms with E-state index < -0.39 is 0 Å². The van der Waals surface area contributed by atoms with E-state index in [1.54, 1.807) is 0 Å². The smallest absolute Gasteiger partial charge is 0.0136 e. The maximum absolute atomic E-state index is 2.31. The summed E-state index contributed by atoms with van der Waals surface area (Å²) in [5.74, 6) is 0. The normalized spacial score (nSPS) is 10.6. The summed E-state index contributed by atoms with van der Waals surface area (Å²) in [6.07, 6.45) is 4.15. The largest absolute Gasteiger partial charge is 0.0871 e. The molecule has 1 aromatic carbocycles. The third kappa shape index (κ3) is 2.14. The highest BCUT2D eigenvalue weighted by Gasteiger charge is 1.85. The van der Waals surface area contributed by atoms with E-state index in [0.29, 0.717) is 0 Å². The van der Waals surface area contributed by atoms with Crippen molar-refractivity contribution in [2.75, 3.05) is 0 Å². The Kier molecular flexibility index (Phi) is 2.93. The van der Waals surface area contributed by atoms with Crippen molar-refractivity contribution in [2.24, 2.45) is 0 Å². The molecule has 0 aliphatic heterocycles. The summed E-state index contributed by atoms with van der Waals surface area (Å²) in [7, 11) is 0. The van der Waals surface area contributed by atoms with Crippen molar-refractivity contribution in [1.82, 2.24) is 0 Å². The predicted octanol–water partition coefficient (Wildman–Crippen LogP) is 3.32. The lowest BCUT2D eigenvalue weighted by atomic mass is 10.2. The van der Waals surface area contributed by atoms with Gasteiger partial charge in [-0.3, -0.25) is 0 Å². The number of hydrogen-bond acceptors (Lipinski definition) is 0. The number of halogens is 1. The second kappa shape index (κ2) is 3.76. The van der Waals surface area contributed by atoms with Crippen LogP contribution in [0.4, 0.5) is 0 Å². The Morgan fingerprint density at radius 1 is 1.40 bits per heavy atom. The Hall–Kier alpha value is -0.310. The molecule has 0 saturated heterocycles. The van der Waals surface area contributed by atoms with Crippen LogP contribution in [0.25, 0.3) is 6.08 Å². The van der Waals surface area contributed by atoms with Crippen molar-refractivity contribution in [2.45, 2.75) is 6.92 Å². The molecule has 0 nitrogen and oxygen atoms in total. The summed E-state index contributed by atoms with van der Waals surface area (Å²) in [6, 6.07) is 8.41. The van der Waals surface area contributed by atoms with Crippen LogP contribution >= 0.6 is 22.6 Å². The summed E-state index contributed by atoms with van der Waals surface area (Å²) in [5.41, 5.74) is 1.27. The van der Waals surface area contributed by atoms with Gasteiger partial charge < -0.3 is 0 Å². The first-order chi connectivity index (χ1) is 4.83. The number of benzene rings is 1. The summed E-state index contributed by atoms with van der Waals surface area (Å²) in [4.78, 5) is 0. The summed E-state index contributed by atoms with van der Waals surface area (Å²) in [6.45, 7) is 2.03. The maximum Gasteiger partial charge on any atom is 0.0136 e. The Morgan fingerprint density at radius 2 is 2.20 bits per heavy atom. The van der Waals surface area contributed by atoms with Crippen LogP contribution in [-0.2, 0) is 0 Å². The molecule has 1 aromatic rings. The van der Waals surface area contributed by atoms with Gasteiger partial charge in [0, 0.05) is 3.57 Å². The first-order valence-electron chi connectivity index (χ1n) is 3.21. The molecular weight excluding hydrogens is 235 g/mol. The predicted molar refractivity (Wildman–Crippen MR) is 53.9 cm³/mol. The fourth-order valence-corrected chi connectivity index (χ4v) is 1.37. The van der Waals surface area contributed by atoms with Crippen molar-refractivity contribution < 1.29 is 0 Å². The van der Waals surface area contributed by atoms with Crippen LogP contribution < -0.4 is 0 Å². The Morgan fingerprint density at radius 3 is 2.80 bits per heavy atom. The minimum absolute atomic E-state index is 1.27. The van der Waals surface area contributed by atoms with Crippen LogP contribution in [-0.4, -0.2) is 0 Å². The van der Waals surface area contributed by atoms with E-state index in [9.17, 15) is 0 Å². The Balaban J connectivity index is 2.95. The molecule has 1 rings (SSSR count). The van der Waals surface area contributed by atoms with E-state index in [0.717, 1.165) is 0 Å². The van der Waals surface area contributed by atoms with Crippen molar-refractivity contribution >= 4 is 28.7 Å². The molecule has 0 heterocycles. The monoisotopic (exact) mass is 244 g/mol. The summed E-state index contributed by atoms with van der Waals surface area (Å²) < 4.78 is 1.29. The number of allylic oxidation sites excluding steroid dienone is 1. The lowest BCUT2D eigenvalue weighted by Gasteiger charge is -1.91. The van der Waals surface area contributed by atoms with Crippen LogP contribution in [0.3, 0.4) is 0 Å². The minimum Gasteiger partial charge on any atom is -0.0871 e. The lowest BCUT2D eigenvalue weighted by Crippen LogP contribution is -1.72. The maximum atomic E-state index is 2.31. The van der Waals surface area contributed by atoms with Gasteiger partial charge in [-0.1, -0.05) is 24.3 Å². The minimum atomic E-state index is 1.27. The third-order valence-corrected chi connectivity index (χ3v) is 1.88. The standard InChI is InChI=1S/C9H9I/c1-2-4-8-5-3-6-9(10)7-8/h2-7H,1H3. The van der Waals surface area contributed by atoms with Crippen molar-refractivity contribution in [3.05, 3.63) is 39.5 Å². The van der Waals surface area contributed by atoms with Crippen LogP contribution in [0, 0.1) is 3.57 Å². The zero-order valence-electron chi connectivity index (χ0n) is 5.84. The fraction of sp³-hybridized carbons (Fsp3) is 0.111. The van der Waals surface area contributed by atoms with E-state index in [-0.39, 0.29) is 0 Å². The second-order valence-electron chi connectivity index (χ2n) is 2.06. The fourth-order valence-electron chi connectivity index (χ4n) is 0.803. The van der Waals surface area contributed by atoms with Crippen molar-refractivity contribution in [1.29, 1.82) is 0 Å². The number of rotatable bonds is 1. The zero-order chi connectivity index (χ0) is 7.40. The molecule has 52 valence electrons. The Labute approximate surface area is 75.1 Å².